The summed E-state index contributed by atoms with van der Waals surface area (Å²) in [6, 6.07) is 1.87. The zero-order valence-corrected chi connectivity index (χ0v) is 13.1. The van der Waals surface area contributed by atoms with Crippen molar-refractivity contribution in [2.24, 2.45) is 0 Å². The van der Waals surface area contributed by atoms with Crippen molar-refractivity contribution in [3.63, 3.8) is 0 Å². The SMILES string of the molecule is CC(C)(C)OC(=O)N1CCN(c2ncnc3occc23)CC1. The third-order valence-electron chi connectivity index (χ3n) is 3.47. The van der Waals surface area contributed by atoms with Crippen LogP contribution in [0.2, 0.25) is 0 Å². The van der Waals surface area contributed by atoms with Gasteiger partial charge < -0.3 is 19.0 Å². The van der Waals surface area contributed by atoms with Crippen LogP contribution in [0.5, 0.6) is 0 Å². The van der Waals surface area contributed by atoms with Crippen molar-refractivity contribution in [1.29, 1.82) is 0 Å². The second kappa shape index (κ2) is 5.47. The molecule has 7 nitrogen and oxygen atoms in total. The van der Waals surface area contributed by atoms with Crippen LogP contribution >= 0.6 is 0 Å². The van der Waals surface area contributed by atoms with Crippen LogP contribution < -0.4 is 4.90 Å². The van der Waals surface area contributed by atoms with Crippen LogP contribution in [0.4, 0.5) is 10.6 Å². The molecule has 0 bridgehead atoms. The Hall–Kier alpha value is -2.31. The molecule has 1 fully saturated rings. The van der Waals surface area contributed by atoms with E-state index in [1.807, 2.05) is 26.8 Å². The van der Waals surface area contributed by atoms with Gasteiger partial charge in [0.05, 0.1) is 11.6 Å². The molecule has 0 aliphatic carbocycles. The van der Waals surface area contributed by atoms with E-state index in [4.69, 9.17) is 9.15 Å². The highest BCUT2D eigenvalue weighted by atomic mass is 16.6. The fourth-order valence-corrected chi connectivity index (χ4v) is 2.46. The third-order valence-corrected chi connectivity index (χ3v) is 3.47. The number of carbonyl (C=O) groups is 1. The van der Waals surface area contributed by atoms with Gasteiger partial charge in [-0.25, -0.2) is 14.8 Å². The number of anilines is 1. The number of rotatable bonds is 1. The monoisotopic (exact) mass is 304 g/mol. The van der Waals surface area contributed by atoms with E-state index >= 15 is 0 Å². The number of hydrogen-bond donors (Lipinski definition) is 0. The second-order valence-corrected chi connectivity index (χ2v) is 6.29. The van der Waals surface area contributed by atoms with E-state index in [1.165, 1.54) is 6.33 Å². The molecule has 0 unspecified atom stereocenters. The summed E-state index contributed by atoms with van der Waals surface area (Å²) >= 11 is 0. The molecule has 1 aliphatic rings. The first-order valence-electron chi connectivity index (χ1n) is 7.35. The maximum atomic E-state index is 12.1. The summed E-state index contributed by atoms with van der Waals surface area (Å²) in [6.07, 6.45) is 2.85. The van der Waals surface area contributed by atoms with Crippen LogP contribution in [0.3, 0.4) is 0 Å². The quantitative estimate of drug-likeness (QED) is 0.805. The summed E-state index contributed by atoms with van der Waals surface area (Å²) in [6.45, 7) is 8.25. The second-order valence-electron chi connectivity index (χ2n) is 6.29. The molecule has 1 saturated heterocycles. The van der Waals surface area contributed by atoms with Gasteiger partial charge in [0.15, 0.2) is 0 Å². The van der Waals surface area contributed by atoms with Gasteiger partial charge in [-0.1, -0.05) is 0 Å². The van der Waals surface area contributed by atoms with E-state index in [1.54, 1.807) is 11.2 Å². The number of ether oxygens (including phenoxy) is 1. The molecule has 0 spiro atoms. The van der Waals surface area contributed by atoms with E-state index in [9.17, 15) is 4.79 Å². The average Bonchev–Trinajstić information content (AvgIpc) is 2.94. The largest absolute Gasteiger partial charge is 0.446 e. The van der Waals surface area contributed by atoms with Crippen LogP contribution in [0.15, 0.2) is 23.1 Å². The standard InChI is InChI=1S/C15H20N4O3/c1-15(2,3)22-14(20)19-7-5-18(6-8-19)12-11-4-9-21-13(11)17-10-16-12/h4,9-10H,5-8H2,1-3H3. The minimum Gasteiger partial charge on any atom is -0.446 e. The van der Waals surface area contributed by atoms with Gasteiger partial charge in [0.25, 0.3) is 0 Å². The lowest BCUT2D eigenvalue weighted by atomic mass is 10.2. The molecule has 0 radical (unpaired) electrons. The number of aromatic nitrogens is 2. The van der Waals surface area contributed by atoms with E-state index in [0.29, 0.717) is 31.9 Å². The highest BCUT2D eigenvalue weighted by Gasteiger charge is 2.27. The summed E-state index contributed by atoms with van der Waals surface area (Å²) < 4.78 is 10.7. The van der Waals surface area contributed by atoms with E-state index in [-0.39, 0.29) is 6.09 Å². The molecule has 0 saturated carbocycles. The van der Waals surface area contributed by atoms with Crippen molar-refractivity contribution in [2.45, 2.75) is 26.4 Å². The van der Waals surface area contributed by atoms with Gasteiger partial charge in [0.1, 0.15) is 17.7 Å². The minimum atomic E-state index is -0.468. The van der Waals surface area contributed by atoms with Crippen molar-refractivity contribution in [1.82, 2.24) is 14.9 Å². The van der Waals surface area contributed by atoms with Crippen LogP contribution in [-0.2, 0) is 4.74 Å². The Labute approximate surface area is 128 Å². The smallest absolute Gasteiger partial charge is 0.410 e. The van der Waals surface area contributed by atoms with Crippen LogP contribution in [0.1, 0.15) is 20.8 Å². The number of fused-ring (bicyclic) bond motifs is 1. The Balaban J connectivity index is 1.67. The highest BCUT2D eigenvalue weighted by molar-refractivity contribution is 5.85. The van der Waals surface area contributed by atoms with E-state index < -0.39 is 5.60 Å². The zero-order valence-electron chi connectivity index (χ0n) is 13.1. The normalized spacial score (nSPS) is 16.1. The fourth-order valence-electron chi connectivity index (χ4n) is 2.46. The van der Waals surface area contributed by atoms with Gasteiger partial charge in [-0.05, 0) is 26.8 Å². The van der Waals surface area contributed by atoms with Crippen molar-refractivity contribution in [2.75, 3.05) is 31.1 Å². The molecule has 0 atom stereocenters. The Morgan fingerprint density at radius 1 is 1.23 bits per heavy atom. The maximum absolute atomic E-state index is 12.1. The molecule has 0 aromatic carbocycles. The summed E-state index contributed by atoms with van der Waals surface area (Å²) in [4.78, 5) is 24.4. The van der Waals surface area contributed by atoms with Gasteiger partial charge in [-0.15, -0.1) is 0 Å². The van der Waals surface area contributed by atoms with E-state index in [0.717, 1.165) is 11.2 Å². The Morgan fingerprint density at radius 3 is 2.64 bits per heavy atom. The number of furan rings is 1. The lowest BCUT2D eigenvalue weighted by Crippen LogP contribution is -2.50. The van der Waals surface area contributed by atoms with Crippen molar-refractivity contribution < 1.29 is 13.9 Å². The Kier molecular flexibility index (Phi) is 3.64. The van der Waals surface area contributed by atoms with Crippen LogP contribution in [0, 0.1) is 0 Å². The molecule has 3 heterocycles. The average molecular weight is 304 g/mol. The molecule has 0 N–H and O–H groups in total. The van der Waals surface area contributed by atoms with Crippen LogP contribution in [-0.4, -0.2) is 52.7 Å². The molecule has 3 rings (SSSR count). The van der Waals surface area contributed by atoms with Crippen LogP contribution in [0.25, 0.3) is 11.1 Å². The molecule has 118 valence electrons. The third kappa shape index (κ3) is 2.98. The number of amides is 1. The van der Waals surface area contributed by atoms with Gasteiger partial charge in [0.2, 0.25) is 5.71 Å². The number of nitrogens with zero attached hydrogens (tertiary/aromatic N) is 4. The summed E-state index contributed by atoms with van der Waals surface area (Å²) in [7, 11) is 0. The number of hydrogen-bond acceptors (Lipinski definition) is 6. The lowest BCUT2D eigenvalue weighted by molar-refractivity contribution is 0.0240. The van der Waals surface area contributed by atoms with Gasteiger partial charge in [-0.2, -0.15) is 0 Å². The van der Waals surface area contributed by atoms with E-state index in [2.05, 4.69) is 14.9 Å². The van der Waals surface area contributed by atoms with Gasteiger partial charge >= 0.3 is 6.09 Å². The first-order valence-corrected chi connectivity index (χ1v) is 7.35. The molecule has 22 heavy (non-hydrogen) atoms. The van der Waals surface area contributed by atoms with Crippen molar-refractivity contribution in [3.8, 4) is 0 Å². The first-order chi connectivity index (χ1) is 10.4. The number of carbonyl (C=O) groups excluding carboxylic acids is 1. The van der Waals surface area contributed by atoms with Gasteiger partial charge in [-0.3, -0.25) is 0 Å². The minimum absolute atomic E-state index is 0.261. The van der Waals surface area contributed by atoms with Crippen molar-refractivity contribution >= 4 is 23.0 Å². The molecular weight excluding hydrogens is 284 g/mol. The molecule has 1 amide bonds. The molecular formula is C15H20N4O3. The van der Waals surface area contributed by atoms with Crippen molar-refractivity contribution in [3.05, 3.63) is 18.7 Å². The molecule has 2 aromatic rings. The highest BCUT2D eigenvalue weighted by Crippen LogP contribution is 2.24. The zero-order chi connectivity index (χ0) is 15.7. The Bertz CT molecular complexity index is 669. The Morgan fingerprint density at radius 2 is 1.95 bits per heavy atom. The molecule has 7 heteroatoms. The topological polar surface area (TPSA) is 71.7 Å². The maximum Gasteiger partial charge on any atom is 0.410 e. The number of piperazine rings is 1. The molecule has 2 aromatic heterocycles. The predicted molar refractivity (Wildman–Crippen MR) is 81.8 cm³/mol. The summed E-state index contributed by atoms with van der Waals surface area (Å²) in [5.74, 6) is 0.850. The lowest BCUT2D eigenvalue weighted by Gasteiger charge is -2.36. The first kappa shape index (κ1) is 14.6. The fraction of sp³-hybridized carbons (Fsp3) is 0.533. The summed E-state index contributed by atoms with van der Waals surface area (Å²) in [5.41, 5.74) is 0.115. The van der Waals surface area contributed by atoms with Gasteiger partial charge in [0, 0.05) is 26.2 Å². The summed E-state index contributed by atoms with van der Waals surface area (Å²) in [5, 5.41) is 0.896. The molecule has 1 aliphatic heterocycles. The predicted octanol–water partition coefficient (Wildman–Crippen LogP) is 2.28.